The molecule has 0 aliphatic carbocycles. The van der Waals surface area contributed by atoms with Gasteiger partial charge in [0, 0.05) is 9.79 Å². The van der Waals surface area contributed by atoms with E-state index in [-0.39, 0.29) is 37.3 Å². The van der Waals surface area contributed by atoms with Crippen molar-refractivity contribution >= 4 is 11.8 Å². The largest absolute Gasteiger partial charge is 0.392 e. The summed E-state index contributed by atoms with van der Waals surface area (Å²) in [6, 6.07) is 7.90. The molecule has 0 aromatic heterocycles. The van der Waals surface area contributed by atoms with E-state index in [4.69, 9.17) is 0 Å². The van der Waals surface area contributed by atoms with Crippen molar-refractivity contribution in [3.05, 3.63) is 57.6 Å². The SMILES string of the molecule is CC(C)(C)c1cc(CO)c(Sc2c(CO)cc(C(C)(C)C)cc2CO)c(CO)c1. The van der Waals surface area contributed by atoms with Gasteiger partial charge in [-0.1, -0.05) is 77.6 Å². The lowest BCUT2D eigenvalue weighted by atomic mass is 9.85. The minimum Gasteiger partial charge on any atom is -0.392 e. The predicted molar refractivity (Wildman–Crippen MR) is 118 cm³/mol. The van der Waals surface area contributed by atoms with Crippen LogP contribution in [0.3, 0.4) is 0 Å². The fraction of sp³-hybridized carbons (Fsp3) is 0.500. The molecule has 0 spiro atoms. The third kappa shape index (κ3) is 5.41. The Balaban J connectivity index is 2.67. The summed E-state index contributed by atoms with van der Waals surface area (Å²) >= 11 is 1.39. The maximum absolute atomic E-state index is 10.0. The third-order valence-electron chi connectivity index (χ3n) is 5.10. The first-order chi connectivity index (χ1) is 13.5. The molecular formula is C24H34O4S. The van der Waals surface area contributed by atoms with E-state index in [0.29, 0.717) is 0 Å². The van der Waals surface area contributed by atoms with E-state index >= 15 is 0 Å². The molecule has 0 amide bonds. The average molecular weight is 419 g/mol. The molecule has 0 aliphatic heterocycles. The third-order valence-corrected chi connectivity index (χ3v) is 6.56. The average Bonchev–Trinajstić information content (AvgIpc) is 2.65. The summed E-state index contributed by atoms with van der Waals surface area (Å²) < 4.78 is 0. The Labute approximate surface area is 178 Å². The molecule has 2 aromatic rings. The van der Waals surface area contributed by atoms with Crippen LogP contribution in [0.5, 0.6) is 0 Å². The molecule has 160 valence electrons. The summed E-state index contributed by atoms with van der Waals surface area (Å²) in [6.07, 6.45) is 0. The second-order valence-corrected chi connectivity index (χ2v) is 10.5. The summed E-state index contributed by atoms with van der Waals surface area (Å²) in [5, 5.41) is 40.1. The van der Waals surface area contributed by atoms with Crippen molar-refractivity contribution in [2.45, 2.75) is 88.6 Å². The van der Waals surface area contributed by atoms with E-state index in [1.807, 2.05) is 24.3 Å². The molecule has 0 fully saturated rings. The first-order valence-electron chi connectivity index (χ1n) is 9.90. The van der Waals surface area contributed by atoms with Gasteiger partial charge in [0.1, 0.15) is 0 Å². The minimum absolute atomic E-state index is 0.113. The smallest absolute Gasteiger partial charge is 0.0693 e. The summed E-state index contributed by atoms with van der Waals surface area (Å²) in [6.45, 7) is 12.0. The quantitative estimate of drug-likeness (QED) is 0.559. The fourth-order valence-corrected chi connectivity index (χ4v) is 4.43. The maximum atomic E-state index is 10.0. The van der Waals surface area contributed by atoms with Crippen molar-refractivity contribution < 1.29 is 20.4 Å². The topological polar surface area (TPSA) is 80.9 Å². The van der Waals surface area contributed by atoms with Crippen molar-refractivity contribution in [2.75, 3.05) is 0 Å². The molecule has 0 atom stereocenters. The maximum Gasteiger partial charge on any atom is 0.0693 e. The van der Waals surface area contributed by atoms with Gasteiger partial charge in [-0.3, -0.25) is 0 Å². The van der Waals surface area contributed by atoms with E-state index in [9.17, 15) is 20.4 Å². The molecule has 0 heterocycles. The monoisotopic (exact) mass is 418 g/mol. The number of hydrogen-bond acceptors (Lipinski definition) is 5. The van der Waals surface area contributed by atoms with E-state index < -0.39 is 0 Å². The zero-order valence-corrected chi connectivity index (χ0v) is 19.2. The molecule has 4 N–H and O–H groups in total. The van der Waals surface area contributed by atoms with Gasteiger partial charge >= 0.3 is 0 Å². The molecule has 0 radical (unpaired) electrons. The van der Waals surface area contributed by atoms with Gasteiger partial charge in [-0.05, 0) is 44.2 Å². The van der Waals surface area contributed by atoms with E-state index in [1.165, 1.54) is 11.8 Å². The van der Waals surface area contributed by atoms with Gasteiger partial charge in [-0.15, -0.1) is 0 Å². The van der Waals surface area contributed by atoms with Crippen LogP contribution in [0.25, 0.3) is 0 Å². The number of aliphatic hydroxyl groups excluding tert-OH is 4. The molecule has 2 rings (SSSR count). The standard InChI is InChI=1S/C24H34O4S/c1-23(2,3)19-7-15(11-25)21(16(8-19)12-26)29-22-17(13-27)9-20(24(4,5)6)10-18(22)14-28/h7-10,25-28H,11-14H2,1-6H3. The molecule has 29 heavy (non-hydrogen) atoms. The van der Waals surface area contributed by atoms with Crippen LogP contribution in [0.1, 0.15) is 74.9 Å². The Kier molecular flexibility index (Phi) is 7.57. The zero-order chi connectivity index (χ0) is 22.0. The zero-order valence-electron chi connectivity index (χ0n) is 18.3. The highest BCUT2D eigenvalue weighted by Crippen LogP contribution is 2.41. The molecule has 2 aromatic carbocycles. The van der Waals surface area contributed by atoms with Gasteiger partial charge in [0.2, 0.25) is 0 Å². The first kappa shape index (κ1) is 23.9. The van der Waals surface area contributed by atoms with Crippen LogP contribution in [-0.4, -0.2) is 20.4 Å². The number of hydrogen-bond donors (Lipinski definition) is 4. The van der Waals surface area contributed by atoms with Crippen LogP contribution in [0.4, 0.5) is 0 Å². The van der Waals surface area contributed by atoms with Crippen molar-refractivity contribution in [2.24, 2.45) is 0 Å². The molecule has 4 nitrogen and oxygen atoms in total. The fourth-order valence-electron chi connectivity index (χ4n) is 3.21. The Morgan fingerprint density at radius 3 is 0.966 bits per heavy atom. The lowest BCUT2D eigenvalue weighted by Crippen LogP contribution is -2.14. The first-order valence-corrected chi connectivity index (χ1v) is 10.7. The van der Waals surface area contributed by atoms with Crippen LogP contribution in [0.2, 0.25) is 0 Å². The predicted octanol–water partition coefficient (Wildman–Crippen LogP) is 4.40. The van der Waals surface area contributed by atoms with Crippen LogP contribution in [0.15, 0.2) is 34.1 Å². The summed E-state index contributed by atoms with van der Waals surface area (Å²) in [7, 11) is 0. The van der Waals surface area contributed by atoms with E-state index in [2.05, 4.69) is 41.5 Å². The molecule has 0 aliphatic rings. The van der Waals surface area contributed by atoms with Crippen molar-refractivity contribution in [1.29, 1.82) is 0 Å². The van der Waals surface area contributed by atoms with Crippen molar-refractivity contribution in [1.82, 2.24) is 0 Å². The molecule has 0 unspecified atom stereocenters. The highest BCUT2D eigenvalue weighted by Gasteiger charge is 2.23. The van der Waals surface area contributed by atoms with Gasteiger partial charge < -0.3 is 20.4 Å². The van der Waals surface area contributed by atoms with Gasteiger partial charge in [0.05, 0.1) is 26.4 Å². The second-order valence-electron chi connectivity index (χ2n) is 9.48. The lowest BCUT2D eigenvalue weighted by Gasteiger charge is -2.25. The Morgan fingerprint density at radius 2 is 0.793 bits per heavy atom. The van der Waals surface area contributed by atoms with Gasteiger partial charge in [0.15, 0.2) is 0 Å². The molecule has 0 saturated heterocycles. The van der Waals surface area contributed by atoms with Gasteiger partial charge in [0.25, 0.3) is 0 Å². The Morgan fingerprint density at radius 1 is 0.552 bits per heavy atom. The molecule has 5 heteroatoms. The summed E-state index contributed by atoms with van der Waals surface area (Å²) in [5.74, 6) is 0. The number of benzene rings is 2. The number of aliphatic hydroxyl groups is 4. The van der Waals surface area contributed by atoms with Crippen molar-refractivity contribution in [3.8, 4) is 0 Å². The highest BCUT2D eigenvalue weighted by atomic mass is 32.2. The van der Waals surface area contributed by atoms with E-state index in [1.54, 1.807) is 0 Å². The lowest BCUT2D eigenvalue weighted by molar-refractivity contribution is 0.268. The Bertz CT molecular complexity index is 739. The normalized spacial score (nSPS) is 12.5. The van der Waals surface area contributed by atoms with Crippen LogP contribution in [-0.2, 0) is 37.3 Å². The van der Waals surface area contributed by atoms with Crippen LogP contribution in [0, 0.1) is 0 Å². The summed E-state index contributed by atoms with van der Waals surface area (Å²) in [4.78, 5) is 1.55. The summed E-state index contributed by atoms with van der Waals surface area (Å²) in [5.41, 5.74) is 4.80. The Hall–Kier alpha value is -1.37. The second kappa shape index (κ2) is 9.19. The number of rotatable bonds is 6. The van der Waals surface area contributed by atoms with Crippen LogP contribution >= 0.6 is 11.8 Å². The molecule has 0 saturated carbocycles. The van der Waals surface area contributed by atoms with Crippen LogP contribution < -0.4 is 0 Å². The van der Waals surface area contributed by atoms with E-state index in [0.717, 1.165) is 43.2 Å². The van der Waals surface area contributed by atoms with Crippen molar-refractivity contribution in [3.63, 3.8) is 0 Å². The molecular weight excluding hydrogens is 384 g/mol. The van der Waals surface area contributed by atoms with Gasteiger partial charge in [-0.25, -0.2) is 0 Å². The molecule has 0 bridgehead atoms. The highest BCUT2D eigenvalue weighted by molar-refractivity contribution is 7.99. The minimum atomic E-state index is -0.151. The van der Waals surface area contributed by atoms with Gasteiger partial charge in [-0.2, -0.15) is 0 Å².